The minimum Gasteiger partial charge on any atom is -0.455 e. The Bertz CT molecular complexity index is 7670. The molecule has 3 aliphatic rings. The number of hydrogen-bond acceptors (Lipinski definition) is 4. The van der Waals surface area contributed by atoms with Gasteiger partial charge in [-0.15, -0.1) is 0 Å². The van der Waals surface area contributed by atoms with Crippen molar-refractivity contribution in [2.24, 2.45) is 0 Å². The van der Waals surface area contributed by atoms with E-state index in [4.69, 9.17) is 8.83 Å². The van der Waals surface area contributed by atoms with Crippen molar-refractivity contribution in [1.82, 2.24) is 0 Å². The molecule has 21 aromatic rings. The van der Waals surface area contributed by atoms with Crippen LogP contribution in [-0.4, -0.2) is 0 Å². The van der Waals surface area contributed by atoms with E-state index >= 15 is 0 Å². The summed E-state index contributed by atoms with van der Waals surface area (Å²) in [7, 11) is 0. The summed E-state index contributed by atoms with van der Waals surface area (Å²) in [4.78, 5) is 4.92. The molecule has 0 atom stereocenters. The molecule has 0 bridgehead atoms. The average Bonchev–Trinajstić information content (AvgIpc) is 1.50. The number of furan rings is 2. The fourth-order valence-electron chi connectivity index (χ4n) is 20.6. The second-order valence-corrected chi connectivity index (χ2v) is 32.4. The van der Waals surface area contributed by atoms with E-state index in [1.807, 2.05) is 0 Å². The Morgan fingerprint density at radius 1 is 0.203 bits per heavy atom. The highest BCUT2D eigenvalue weighted by molar-refractivity contribution is 6.15. The lowest BCUT2D eigenvalue weighted by molar-refractivity contribution is 0.660. The zero-order chi connectivity index (χ0) is 77.9. The Morgan fingerprint density at radius 3 is 1.20 bits per heavy atom. The van der Waals surface area contributed by atoms with Crippen LogP contribution in [0, 0.1) is 0 Å². The number of hydrogen-bond donors (Lipinski definition) is 0. The minimum atomic E-state index is -0.530. The van der Waals surface area contributed by atoms with Gasteiger partial charge in [0.2, 0.25) is 0 Å². The summed E-state index contributed by atoms with van der Waals surface area (Å²) in [5.74, 6) is 0. The van der Waals surface area contributed by atoms with Crippen molar-refractivity contribution in [3.05, 3.63) is 446 Å². The summed E-state index contributed by atoms with van der Waals surface area (Å²) >= 11 is 0. The Hall–Kier alpha value is -15.1. The maximum absolute atomic E-state index is 7.17. The number of rotatable bonds is 12. The molecule has 24 rings (SSSR count). The normalized spacial score (nSPS) is 13.1. The molecule has 0 saturated carbocycles. The van der Waals surface area contributed by atoms with Crippen LogP contribution < -0.4 is 9.80 Å². The van der Waals surface area contributed by atoms with Crippen molar-refractivity contribution >= 4 is 99.5 Å². The Kier molecular flexibility index (Phi) is 15.0. The van der Waals surface area contributed by atoms with Crippen molar-refractivity contribution in [3.63, 3.8) is 0 Å². The van der Waals surface area contributed by atoms with Gasteiger partial charge >= 0.3 is 0 Å². The molecule has 0 amide bonds. The van der Waals surface area contributed by atoms with Gasteiger partial charge < -0.3 is 18.6 Å². The first kappa shape index (κ1) is 67.4. The Labute approximate surface area is 684 Å². The van der Waals surface area contributed by atoms with Crippen molar-refractivity contribution in [1.29, 1.82) is 0 Å². The van der Waals surface area contributed by atoms with Gasteiger partial charge in [-0.1, -0.05) is 347 Å². The first-order valence-electron chi connectivity index (χ1n) is 40.9. The van der Waals surface area contributed by atoms with Crippen LogP contribution in [0.4, 0.5) is 34.1 Å². The maximum atomic E-state index is 7.17. The quantitative estimate of drug-likeness (QED) is 0.122. The summed E-state index contributed by atoms with van der Waals surface area (Å²) in [6.45, 7) is 4.71. The van der Waals surface area contributed by atoms with Crippen LogP contribution in [0.2, 0.25) is 0 Å². The zero-order valence-electron chi connectivity index (χ0n) is 65.0. The van der Waals surface area contributed by atoms with E-state index in [1.165, 1.54) is 105 Å². The van der Waals surface area contributed by atoms with Gasteiger partial charge in [-0.2, -0.15) is 0 Å². The number of para-hydroxylation sites is 5. The first-order valence-corrected chi connectivity index (χ1v) is 40.9. The molecule has 0 N–H and O–H groups in total. The van der Waals surface area contributed by atoms with Gasteiger partial charge in [0.25, 0.3) is 0 Å². The molecular weight excluding hydrogens is 1430 g/mol. The molecule has 2 heterocycles. The number of nitrogens with zero attached hydrogens (tertiary/aromatic N) is 2. The van der Waals surface area contributed by atoms with Crippen molar-refractivity contribution in [2.45, 2.75) is 24.7 Å². The highest BCUT2D eigenvalue weighted by Crippen LogP contribution is 2.65. The van der Waals surface area contributed by atoms with E-state index in [2.05, 4.69) is 436 Å². The summed E-state index contributed by atoms with van der Waals surface area (Å²) < 4.78 is 14.0. The second kappa shape index (κ2) is 26.2. The number of anilines is 6. The van der Waals surface area contributed by atoms with Gasteiger partial charge in [-0.25, -0.2) is 0 Å². The summed E-state index contributed by atoms with van der Waals surface area (Å²) in [5.41, 5.74) is 38.2. The van der Waals surface area contributed by atoms with Crippen LogP contribution >= 0.6 is 0 Å². The van der Waals surface area contributed by atoms with Crippen molar-refractivity contribution < 1.29 is 8.83 Å². The number of fused-ring (bicyclic) bond motifs is 21. The van der Waals surface area contributed by atoms with E-state index in [0.717, 1.165) is 128 Å². The molecule has 1 spiro atoms. The van der Waals surface area contributed by atoms with Crippen LogP contribution in [0.5, 0.6) is 0 Å². The highest BCUT2D eigenvalue weighted by Gasteiger charge is 2.52. The number of benzene rings is 19. The molecule has 552 valence electrons. The van der Waals surface area contributed by atoms with Crippen LogP contribution in [0.1, 0.15) is 47.2 Å². The minimum absolute atomic E-state index is 0.104. The lowest BCUT2D eigenvalue weighted by Crippen LogP contribution is -2.26. The Balaban J connectivity index is 0.605. The van der Waals surface area contributed by atoms with Crippen LogP contribution in [-0.2, 0) is 10.8 Å². The van der Waals surface area contributed by atoms with Gasteiger partial charge in [0, 0.05) is 71.8 Å². The lowest BCUT2D eigenvalue weighted by Gasteiger charge is -2.32. The monoisotopic (exact) mass is 1500 g/mol. The predicted octanol–water partition coefficient (Wildman–Crippen LogP) is 31.4. The largest absolute Gasteiger partial charge is 0.455 e. The summed E-state index contributed by atoms with van der Waals surface area (Å²) in [6, 6.07) is 153. The molecular formula is C114H74N2O2. The van der Waals surface area contributed by atoms with Gasteiger partial charge in [-0.3, -0.25) is 0 Å². The molecule has 0 aliphatic heterocycles. The fraction of sp³-hybridized carbons (Fsp3) is 0.0351. The van der Waals surface area contributed by atoms with Gasteiger partial charge in [0.1, 0.15) is 22.3 Å². The SMILES string of the molecule is CC1(C)c2ccccc2-c2ccc(-c3ccc(N(c4ccc(-c5cccc6ccccc56)cc4)c4ccccc4-c4cccc5c4oc4ccc(-c6cccc7c(-c8ccc(N(c9ccccc9-c9cccc%10c9oc9ccccc9%10)c9cccc%10c9-c9ccccc9C%109c%10ccccc%10-c%10ccccc%109)cc8)cccc67)cc45)cc3)cc21. The summed E-state index contributed by atoms with van der Waals surface area (Å²) in [5, 5.41) is 9.11. The molecule has 0 saturated heterocycles. The molecule has 0 unspecified atom stereocenters. The smallest absolute Gasteiger partial charge is 0.143 e. The van der Waals surface area contributed by atoms with Gasteiger partial charge in [-0.05, 0) is 206 Å². The van der Waals surface area contributed by atoms with E-state index in [0.29, 0.717) is 0 Å². The molecule has 4 nitrogen and oxygen atoms in total. The molecule has 3 aliphatic carbocycles. The van der Waals surface area contributed by atoms with E-state index < -0.39 is 5.41 Å². The second-order valence-electron chi connectivity index (χ2n) is 32.4. The third-order valence-corrected chi connectivity index (χ3v) is 25.9. The molecule has 19 aromatic carbocycles. The average molecular weight is 1500 g/mol. The predicted molar refractivity (Wildman–Crippen MR) is 492 cm³/mol. The molecule has 118 heavy (non-hydrogen) atoms. The van der Waals surface area contributed by atoms with E-state index in [9.17, 15) is 0 Å². The molecule has 0 radical (unpaired) electrons. The summed E-state index contributed by atoms with van der Waals surface area (Å²) in [6.07, 6.45) is 0. The molecule has 0 fully saturated rings. The Morgan fingerprint density at radius 2 is 0.576 bits per heavy atom. The van der Waals surface area contributed by atoms with Crippen LogP contribution in [0.3, 0.4) is 0 Å². The first-order chi connectivity index (χ1) is 58.3. The highest BCUT2D eigenvalue weighted by atomic mass is 16.3. The third kappa shape index (κ3) is 10.0. The third-order valence-electron chi connectivity index (χ3n) is 25.9. The molecule has 2 aromatic heterocycles. The van der Waals surface area contributed by atoms with Gasteiger partial charge in [0.15, 0.2) is 0 Å². The fourth-order valence-corrected chi connectivity index (χ4v) is 20.6. The van der Waals surface area contributed by atoms with Crippen LogP contribution in [0.15, 0.2) is 421 Å². The zero-order valence-corrected chi connectivity index (χ0v) is 65.0. The molecule has 4 heteroatoms. The van der Waals surface area contributed by atoms with Crippen LogP contribution in [0.25, 0.3) is 166 Å². The standard InChI is InChI=1S/C114H74N2O2/c1-113(2)99-44-12-5-28-86(99)89-67-59-75(70-104(89)113)71-53-61-77(62-54-71)115(78-63-55-73(56-64-78)81-35-19-26-72-25-3-4-27-80(72)81)105-49-16-9-31-90(105)93-41-23-43-96-98-69-76(60-68-109(98)118-112(93)96)83-37-21-38-84-82(36-20-39-85(83)84)74-57-65-79(66-58-74)116(106-50-17-10-32-91(106)94-40-22-42-95-92-33-11-18-52-108(92)117-111(94)95)107-51-24-48-103-110(107)97-34-8-15-47-102(97)114(103)100-45-13-6-29-87(100)88-30-7-14-46-101(88)114/h3-70H,1-2H3. The van der Waals surface area contributed by atoms with E-state index in [-0.39, 0.29) is 5.41 Å². The van der Waals surface area contributed by atoms with E-state index in [1.54, 1.807) is 0 Å². The van der Waals surface area contributed by atoms with Crippen molar-refractivity contribution in [3.8, 4) is 100 Å². The maximum Gasteiger partial charge on any atom is 0.143 e. The van der Waals surface area contributed by atoms with Gasteiger partial charge in [0.05, 0.1) is 22.5 Å². The van der Waals surface area contributed by atoms with Crippen molar-refractivity contribution in [2.75, 3.05) is 9.80 Å². The lowest BCUT2D eigenvalue weighted by atomic mass is 9.70. The topological polar surface area (TPSA) is 32.8 Å².